The maximum atomic E-state index is 11.5. The zero-order valence-electron chi connectivity index (χ0n) is 9.92. The molecule has 16 heavy (non-hydrogen) atoms. The van der Waals surface area contributed by atoms with Crippen LogP contribution in [0.1, 0.15) is 25.3 Å². The van der Waals surface area contributed by atoms with Gasteiger partial charge >= 0.3 is 0 Å². The predicted octanol–water partition coefficient (Wildman–Crippen LogP) is 2.42. The van der Waals surface area contributed by atoms with Gasteiger partial charge in [0, 0.05) is 31.4 Å². The third-order valence-electron chi connectivity index (χ3n) is 3.00. The Morgan fingerprint density at radius 3 is 2.94 bits per heavy atom. The van der Waals surface area contributed by atoms with Crippen LogP contribution < -0.4 is 10.2 Å². The van der Waals surface area contributed by atoms with E-state index in [2.05, 4.69) is 18.3 Å². The lowest BCUT2D eigenvalue weighted by Crippen LogP contribution is -2.31. The van der Waals surface area contributed by atoms with Crippen molar-refractivity contribution in [3.63, 3.8) is 0 Å². The highest BCUT2D eigenvalue weighted by Gasteiger charge is 2.20. The quantitative estimate of drug-likeness (QED) is 0.845. The van der Waals surface area contributed by atoms with E-state index in [0.717, 1.165) is 30.8 Å². The maximum absolute atomic E-state index is 11.5. The molecule has 0 radical (unpaired) electrons. The van der Waals surface area contributed by atoms with Crippen molar-refractivity contribution >= 4 is 17.3 Å². The molecule has 0 bridgehead atoms. The number of anilines is 2. The minimum atomic E-state index is 0.210. The molecule has 2 rings (SSSR count). The van der Waals surface area contributed by atoms with Gasteiger partial charge in [-0.3, -0.25) is 4.79 Å². The first kappa shape index (κ1) is 11.0. The van der Waals surface area contributed by atoms with Gasteiger partial charge < -0.3 is 10.2 Å². The molecule has 1 heterocycles. The van der Waals surface area contributed by atoms with Crippen LogP contribution in [0.2, 0.25) is 0 Å². The van der Waals surface area contributed by atoms with E-state index in [4.69, 9.17) is 0 Å². The predicted molar refractivity (Wildman–Crippen MR) is 67.0 cm³/mol. The van der Waals surface area contributed by atoms with Crippen LogP contribution in [0.5, 0.6) is 0 Å². The van der Waals surface area contributed by atoms with E-state index >= 15 is 0 Å². The van der Waals surface area contributed by atoms with Crippen molar-refractivity contribution in [3.05, 3.63) is 23.8 Å². The summed E-state index contributed by atoms with van der Waals surface area (Å²) in [5.41, 5.74) is 3.48. The van der Waals surface area contributed by atoms with Crippen LogP contribution in [-0.4, -0.2) is 19.5 Å². The molecule has 1 N–H and O–H groups in total. The van der Waals surface area contributed by atoms with E-state index in [1.807, 2.05) is 19.2 Å². The molecule has 1 aromatic carbocycles. The van der Waals surface area contributed by atoms with E-state index < -0.39 is 0 Å². The Morgan fingerprint density at radius 1 is 1.38 bits per heavy atom. The van der Waals surface area contributed by atoms with Gasteiger partial charge in [0.1, 0.15) is 0 Å². The van der Waals surface area contributed by atoms with Crippen LogP contribution in [-0.2, 0) is 11.2 Å². The van der Waals surface area contributed by atoms with Crippen molar-refractivity contribution < 1.29 is 4.79 Å². The molecular weight excluding hydrogens is 200 g/mol. The molecule has 1 amide bonds. The third kappa shape index (κ3) is 2.03. The van der Waals surface area contributed by atoms with Crippen molar-refractivity contribution in [2.75, 3.05) is 23.8 Å². The summed E-state index contributed by atoms with van der Waals surface area (Å²) in [6.07, 6.45) is 2.61. The SMILES string of the molecule is CCCNc1ccc2c(c1)CCC(=O)N2C. The van der Waals surface area contributed by atoms with Crippen LogP contribution in [0.3, 0.4) is 0 Å². The Kier molecular flexibility index (Phi) is 3.13. The number of rotatable bonds is 3. The fourth-order valence-corrected chi connectivity index (χ4v) is 2.04. The lowest BCUT2D eigenvalue weighted by atomic mass is 10.0. The summed E-state index contributed by atoms with van der Waals surface area (Å²) in [5.74, 6) is 0.210. The molecule has 0 unspecified atom stereocenters. The summed E-state index contributed by atoms with van der Waals surface area (Å²) in [4.78, 5) is 13.3. The van der Waals surface area contributed by atoms with Crippen molar-refractivity contribution in [1.29, 1.82) is 0 Å². The molecule has 1 aliphatic heterocycles. The Hall–Kier alpha value is -1.51. The minimum Gasteiger partial charge on any atom is -0.385 e. The van der Waals surface area contributed by atoms with Gasteiger partial charge in [-0.05, 0) is 36.6 Å². The van der Waals surface area contributed by atoms with E-state index in [1.54, 1.807) is 4.90 Å². The number of fused-ring (bicyclic) bond motifs is 1. The second-order valence-electron chi connectivity index (χ2n) is 4.22. The summed E-state index contributed by atoms with van der Waals surface area (Å²) >= 11 is 0. The molecule has 0 fully saturated rings. The zero-order chi connectivity index (χ0) is 11.5. The van der Waals surface area contributed by atoms with E-state index in [-0.39, 0.29) is 5.91 Å². The lowest BCUT2D eigenvalue weighted by molar-refractivity contribution is -0.118. The first-order chi connectivity index (χ1) is 7.72. The topological polar surface area (TPSA) is 32.3 Å². The largest absolute Gasteiger partial charge is 0.385 e. The Balaban J connectivity index is 2.23. The van der Waals surface area contributed by atoms with E-state index in [0.29, 0.717) is 6.42 Å². The van der Waals surface area contributed by atoms with Gasteiger partial charge in [-0.25, -0.2) is 0 Å². The first-order valence-corrected chi connectivity index (χ1v) is 5.85. The van der Waals surface area contributed by atoms with Crippen LogP contribution >= 0.6 is 0 Å². The minimum absolute atomic E-state index is 0.210. The van der Waals surface area contributed by atoms with Gasteiger partial charge in [-0.15, -0.1) is 0 Å². The Labute approximate surface area is 96.5 Å². The van der Waals surface area contributed by atoms with Gasteiger partial charge in [0.05, 0.1) is 0 Å². The number of hydrogen-bond donors (Lipinski definition) is 1. The summed E-state index contributed by atoms with van der Waals surface area (Å²) in [6.45, 7) is 3.14. The van der Waals surface area contributed by atoms with Crippen molar-refractivity contribution in [1.82, 2.24) is 0 Å². The van der Waals surface area contributed by atoms with Crippen LogP contribution in [0.4, 0.5) is 11.4 Å². The number of hydrogen-bond acceptors (Lipinski definition) is 2. The number of amides is 1. The van der Waals surface area contributed by atoms with Crippen LogP contribution in [0.15, 0.2) is 18.2 Å². The number of carbonyl (C=O) groups excluding carboxylic acids is 1. The molecule has 0 aromatic heterocycles. The number of nitrogens with zero attached hydrogens (tertiary/aromatic N) is 1. The van der Waals surface area contributed by atoms with Crippen LogP contribution in [0.25, 0.3) is 0 Å². The number of benzene rings is 1. The third-order valence-corrected chi connectivity index (χ3v) is 3.00. The van der Waals surface area contributed by atoms with E-state index in [1.165, 1.54) is 5.56 Å². The van der Waals surface area contributed by atoms with Crippen LogP contribution in [0, 0.1) is 0 Å². The Bertz CT molecular complexity index is 401. The normalized spacial score (nSPS) is 14.9. The average Bonchev–Trinajstić information content (AvgIpc) is 2.31. The Morgan fingerprint density at radius 2 is 2.19 bits per heavy atom. The highest BCUT2D eigenvalue weighted by molar-refractivity contribution is 5.96. The molecule has 0 aliphatic carbocycles. The summed E-state index contributed by atoms with van der Waals surface area (Å²) in [6, 6.07) is 6.24. The second kappa shape index (κ2) is 4.56. The van der Waals surface area contributed by atoms with Gasteiger partial charge in [-0.2, -0.15) is 0 Å². The average molecular weight is 218 g/mol. The smallest absolute Gasteiger partial charge is 0.227 e. The molecule has 0 spiro atoms. The molecule has 1 aromatic rings. The molecule has 0 atom stereocenters. The fourth-order valence-electron chi connectivity index (χ4n) is 2.04. The summed E-state index contributed by atoms with van der Waals surface area (Å²) < 4.78 is 0. The molecule has 86 valence electrons. The van der Waals surface area contributed by atoms with Crippen molar-refractivity contribution in [2.24, 2.45) is 0 Å². The highest BCUT2D eigenvalue weighted by atomic mass is 16.2. The number of aryl methyl sites for hydroxylation is 1. The van der Waals surface area contributed by atoms with Gasteiger partial charge in [-0.1, -0.05) is 6.92 Å². The molecule has 1 aliphatic rings. The molecule has 3 heteroatoms. The number of nitrogens with one attached hydrogen (secondary N) is 1. The van der Waals surface area contributed by atoms with Gasteiger partial charge in [0.2, 0.25) is 5.91 Å². The molecular formula is C13H18N2O. The highest BCUT2D eigenvalue weighted by Crippen LogP contribution is 2.29. The van der Waals surface area contributed by atoms with Gasteiger partial charge in [0.25, 0.3) is 0 Å². The lowest BCUT2D eigenvalue weighted by Gasteiger charge is -2.26. The summed E-state index contributed by atoms with van der Waals surface area (Å²) in [7, 11) is 1.85. The molecule has 0 saturated carbocycles. The van der Waals surface area contributed by atoms with Gasteiger partial charge in [0.15, 0.2) is 0 Å². The first-order valence-electron chi connectivity index (χ1n) is 5.85. The fraction of sp³-hybridized carbons (Fsp3) is 0.462. The van der Waals surface area contributed by atoms with E-state index in [9.17, 15) is 4.79 Å². The zero-order valence-corrected chi connectivity index (χ0v) is 9.92. The van der Waals surface area contributed by atoms with Crippen molar-refractivity contribution in [3.8, 4) is 0 Å². The van der Waals surface area contributed by atoms with Crippen molar-refractivity contribution in [2.45, 2.75) is 26.2 Å². The molecule has 0 saturated heterocycles. The second-order valence-corrected chi connectivity index (χ2v) is 4.22. The summed E-state index contributed by atoms with van der Waals surface area (Å²) in [5, 5.41) is 3.37. The number of carbonyl (C=O) groups is 1. The standard InChI is InChI=1S/C13H18N2O/c1-3-8-14-11-5-6-12-10(9-11)4-7-13(16)15(12)2/h5-6,9,14H,3-4,7-8H2,1-2H3. The monoisotopic (exact) mass is 218 g/mol. The molecule has 3 nitrogen and oxygen atoms in total. The maximum Gasteiger partial charge on any atom is 0.227 e.